The molecule has 4 nitrogen and oxygen atoms in total. The van der Waals surface area contributed by atoms with Gasteiger partial charge in [0.1, 0.15) is 5.60 Å². The standard InChI is InChI=1S/C15H22ClNO3/c1-15(2,3)20-14(18)17-10-9-13(19-4)11-5-7-12(16)8-6-11/h5-8,13H,9-10H2,1-4H3,(H,17,18)/t13-/m0/s1. The van der Waals surface area contributed by atoms with Gasteiger partial charge >= 0.3 is 6.09 Å². The smallest absolute Gasteiger partial charge is 0.407 e. The molecule has 0 heterocycles. The van der Waals surface area contributed by atoms with Gasteiger partial charge < -0.3 is 14.8 Å². The third-order valence-electron chi connectivity index (χ3n) is 2.60. The van der Waals surface area contributed by atoms with Crippen LogP contribution in [0.4, 0.5) is 4.79 Å². The molecule has 1 aromatic rings. The molecule has 1 amide bonds. The van der Waals surface area contributed by atoms with Crippen LogP contribution in [0.1, 0.15) is 38.9 Å². The minimum atomic E-state index is -0.485. The van der Waals surface area contributed by atoms with Gasteiger partial charge in [-0.05, 0) is 44.9 Å². The van der Waals surface area contributed by atoms with Crippen molar-refractivity contribution in [3.63, 3.8) is 0 Å². The number of halogens is 1. The molecule has 5 heteroatoms. The number of ether oxygens (including phenoxy) is 2. The van der Waals surface area contributed by atoms with E-state index in [9.17, 15) is 4.79 Å². The summed E-state index contributed by atoms with van der Waals surface area (Å²) in [5, 5.41) is 3.41. The van der Waals surface area contributed by atoms with Crippen LogP contribution in [-0.4, -0.2) is 25.3 Å². The van der Waals surface area contributed by atoms with E-state index in [4.69, 9.17) is 21.1 Å². The van der Waals surface area contributed by atoms with Crippen LogP contribution in [0.2, 0.25) is 5.02 Å². The summed E-state index contributed by atoms with van der Waals surface area (Å²) in [6.45, 7) is 5.98. The zero-order chi connectivity index (χ0) is 15.2. The van der Waals surface area contributed by atoms with Crippen LogP contribution in [0.3, 0.4) is 0 Å². The fraction of sp³-hybridized carbons (Fsp3) is 0.533. The maximum absolute atomic E-state index is 11.5. The van der Waals surface area contributed by atoms with Crippen molar-refractivity contribution >= 4 is 17.7 Å². The fourth-order valence-corrected chi connectivity index (χ4v) is 1.84. The highest BCUT2D eigenvalue weighted by Crippen LogP contribution is 2.21. The quantitative estimate of drug-likeness (QED) is 0.896. The van der Waals surface area contributed by atoms with Crippen LogP contribution >= 0.6 is 11.6 Å². The topological polar surface area (TPSA) is 47.6 Å². The number of hydrogen-bond donors (Lipinski definition) is 1. The number of amides is 1. The molecule has 0 aliphatic heterocycles. The van der Waals surface area contributed by atoms with E-state index in [2.05, 4.69) is 5.32 Å². The van der Waals surface area contributed by atoms with Crippen molar-refractivity contribution in [2.24, 2.45) is 0 Å². The Morgan fingerprint density at radius 1 is 1.30 bits per heavy atom. The van der Waals surface area contributed by atoms with Gasteiger partial charge in [-0.25, -0.2) is 4.79 Å². The molecule has 0 unspecified atom stereocenters. The van der Waals surface area contributed by atoms with E-state index in [-0.39, 0.29) is 6.10 Å². The lowest BCUT2D eigenvalue weighted by atomic mass is 10.1. The Balaban J connectivity index is 2.42. The monoisotopic (exact) mass is 299 g/mol. The normalized spacial score (nSPS) is 12.8. The third kappa shape index (κ3) is 6.26. The van der Waals surface area contributed by atoms with E-state index in [0.29, 0.717) is 18.0 Å². The first kappa shape index (κ1) is 16.8. The van der Waals surface area contributed by atoms with Crippen LogP contribution < -0.4 is 5.32 Å². The van der Waals surface area contributed by atoms with Gasteiger partial charge in [-0.3, -0.25) is 0 Å². The van der Waals surface area contributed by atoms with Gasteiger partial charge in [-0.15, -0.1) is 0 Å². The van der Waals surface area contributed by atoms with Gasteiger partial charge in [0.15, 0.2) is 0 Å². The average Bonchev–Trinajstić information content (AvgIpc) is 2.34. The molecule has 0 spiro atoms. The number of nitrogens with one attached hydrogen (secondary N) is 1. The van der Waals surface area contributed by atoms with Gasteiger partial charge in [0.05, 0.1) is 6.10 Å². The zero-order valence-electron chi connectivity index (χ0n) is 12.4. The lowest BCUT2D eigenvalue weighted by Gasteiger charge is -2.20. The van der Waals surface area contributed by atoms with Crippen molar-refractivity contribution in [3.05, 3.63) is 34.9 Å². The molecule has 0 aliphatic rings. The zero-order valence-corrected chi connectivity index (χ0v) is 13.2. The number of carbonyl (C=O) groups is 1. The van der Waals surface area contributed by atoms with Crippen molar-refractivity contribution in [1.29, 1.82) is 0 Å². The first-order chi connectivity index (χ1) is 9.31. The molecule has 1 aromatic carbocycles. The van der Waals surface area contributed by atoms with Gasteiger partial charge in [-0.2, -0.15) is 0 Å². The van der Waals surface area contributed by atoms with Crippen LogP contribution in [0.15, 0.2) is 24.3 Å². The highest BCUT2D eigenvalue weighted by molar-refractivity contribution is 6.30. The third-order valence-corrected chi connectivity index (χ3v) is 2.85. The van der Waals surface area contributed by atoms with Crippen molar-refractivity contribution in [2.45, 2.75) is 38.9 Å². The first-order valence-electron chi connectivity index (χ1n) is 6.57. The van der Waals surface area contributed by atoms with E-state index in [1.54, 1.807) is 7.11 Å². The first-order valence-corrected chi connectivity index (χ1v) is 6.95. The summed E-state index contributed by atoms with van der Waals surface area (Å²) in [6, 6.07) is 7.49. The Hall–Kier alpha value is -1.26. The molecule has 1 N–H and O–H groups in total. The molecule has 0 saturated carbocycles. The SMILES string of the molecule is CO[C@@H](CCNC(=O)OC(C)(C)C)c1ccc(Cl)cc1. The molecule has 0 aromatic heterocycles. The summed E-state index contributed by atoms with van der Waals surface area (Å²) in [5.74, 6) is 0. The molecule has 0 radical (unpaired) electrons. The van der Waals surface area contributed by atoms with Crippen LogP contribution in [0.5, 0.6) is 0 Å². The largest absolute Gasteiger partial charge is 0.444 e. The molecular weight excluding hydrogens is 278 g/mol. The molecule has 20 heavy (non-hydrogen) atoms. The second kappa shape index (κ2) is 7.50. The van der Waals surface area contributed by atoms with Crippen LogP contribution in [0.25, 0.3) is 0 Å². The van der Waals surface area contributed by atoms with Gasteiger partial charge in [0.2, 0.25) is 0 Å². The van der Waals surface area contributed by atoms with Gasteiger partial charge in [0.25, 0.3) is 0 Å². The van der Waals surface area contributed by atoms with Gasteiger partial charge in [0, 0.05) is 18.7 Å². The highest BCUT2D eigenvalue weighted by Gasteiger charge is 2.16. The number of alkyl carbamates (subject to hydrolysis) is 1. The lowest BCUT2D eigenvalue weighted by Crippen LogP contribution is -2.33. The predicted molar refractivity (Wildman–Crippen MR) is 80.1 cm³/mol. The molecule has 112 valence electrons. The molecule has 0 saturated heterocycles. The maximum atomic E-state index is 11.5. The summed E-state index contributed by atoms with van der Waals surface area (Å²) in [4.78, 5) is 11.5. The fourth-order valence-electron chi connectivity index (χ4n) is 1.72. The summed E-state index contributed by atoms with van der Waals surface area (Å²) in [5.41, 5.74) is 0.545. The number of methoxy groups -OCH3 is 1. The lowest BCUT2D eigenvalue weighted by molar-refractivity contribution is 0.0504. The van der Waals surface area contributed by atoms with Crippen molar-refractivity contribution in [3.8, 4) is 0 Å². The van der Waals surface area contributed by atoms with E-state index >= 15 is 0 Å². The van der Waals surface area contributed by atoms with E-state index in [1.165, 1.54) is 0 Å². The molecule has 0 bridgehead atoms. The number of rotatable bonds is 5. The summed E-state index contributed by atoms with van der Waals surface area (Å²) >= 11 is 5.85. The Labute approximate surface area is 125 Å². The minimum absolute atomic E-state index is 0.0813. The second-order valence-corrected chi connectivity index (χ2v) is 5.93. The molecule has 1 atom stereocenters. The van der Waals surface area contributed by atoms with Gasteiger partial charge in [-0.1, -0.05) is 23.7 Å². The van der Waals surface area contributed by atoms with E-state index < -0.39 is 11.7 Å². The Bertz CT molecular complexity index is 426. The molecule has 0 aliphatic carbocycles. The van der Waals surface area contributed by atoms with Crippen LogP contribution in [0, 0.1) is 0 Å². The van der Waals surface area contributed by atoms with Crippen LogP contribution in [-0.2, 0) is 9.47 Å². The predicted octanol–water partition coefficient (Wildman–Crippen LogP) is 3.94. The number of benzene rings is 1. The molecule has 1 rings (SSSR count). The average molecular weight is 300 g/mol. The minimum Gasteiger partial charge on any atom is -0.444 e. The van der Waals surface area contributed by atoms with E-state index in [0.717, 1.165) is 5.56 Å². The molecule has 0 fully saturated rings. The van der Waals surface area contributed by atoms with Crippen molar-refractivity contribution in [1.82, 2.24) is 5.32 Å². The number of hydrogen-bond acceptors (Lipinski definition) is 3. The maximum Gasteiger partial charge on any atom is 0.407 e. The summed E-state index contributed by atoms with van der Waals surface area (Å²) in [6.07, 6.45) is 0.169. The highest BCUT2D eigenvalue weighted by atomic mass is 35.5. The number of carbonyl (C=O) groups excluding carboxylic acids is 1. The second-order valence-electron chi connectivity index (χ2n) is 5.49. The summed E-state index contributed by atoms with van der Waals surface area (Å²) in [7, 11) is 1.65. The van der Waals surface area contributed by atoms with Crippen molar-refractivity contribution in [2.75, 3.05) is 13.7 Å². The molecular formula is C15H22ClNO3. The summed E-state index contributed by atoms with van der Waals surface area (Å²) < 4.78 is 10.6. The van der Waals surface area contributed by atoms with Crippen molar-refractivity contribution < 1.29 is 14.3 Å². The Kier molecular flexibility index (Phi) is 6.30. The Morgan fingerprint density at radius 3 is 2.40 bits per heavy atom. The van der Waals surface area contributed by atoms with E-state index in [1.807, 2.05) is 45.0 Å². The Morgan fingerprint density at radius 2 is 1.90 bits per heavy atom.